The van der Waals surface area contributed by atoms with Crippen molar-refractivity contribution in [3.05, 3.63) is 54.1 Å². The van der Waals surface area contributed by atoms with Crippen molar-refractivity contribution in [2.24, 2.45) is 11.8 Å². The molecule has 6 nitrogen and oxygen atoms in total. The number of carbonyl (C=O) groups is 3. The lowest BCUT2D eigenvalue weighted by Crippen LogP contribution is -2.34. The van der Waals surface area contributed by atoms with Crippen molar-refractivity contribution in [1.82, 2.24) is 0 Å². The van der Waals surface area contributed by atoms with Crippen molar-refractivity contribution >= 4 is 34.2 Å². The van der Waals surface area contributed by atoms with Crippen LogP contribution >= 0.6 is 11.3 Å². The Morgan fingerprint density at radius 1 is 1.14 bits per heavy atom. The van der Waals surface area contributed by atoms with Gasteiger partial charge in [-0.2, -0.15) is 0 Å². The maximum Gasteiger partial charge on any atom is 0.341 e. The van der Waals surface area contributed by atoms with Crippen molar-refractivity contribution in [3.63, 3.8) is 0 Å². The molecule has 0 saturated carbocycles. The van der Waals surface area contributed by atoms with Crippen molar-refractivity contribution in [3.8, 4) is 10.4 Å². The van der Waals surface area contributed by atoms with Crippen LogP contribution in [0.4, 0.5) is 5.00 Å². The molecule has 146 valence electrons. The fourth-order valence-corrected chi connectivity index (χ4v) is 4.22. The summed E-state index contributed by atoms with van der Waals surface area (Å²) in [5.41, 5.74) is 1.19. The highest BCUT2D eigenvalue weighted by molar-refractivity contribution is 7.20. The van der Waals surface area contributed by atoms with E-state index in [2.05, 4.69) is 5.32 Å². The molecule has 2 aromatic rings. The van der Waals surface area contributed by atoms with Gasteiger partial charge < -0.3 is 15.2 Å². The summed E-state index contributed by atoms with van der Waals surface area (Å²) in [6.45, 7) is 1.93. The summed E-state index contributed by atoms with van der Waals surface area (Å²) >= 11 is 1.27. The van der Waals surface area contributed by atoms with Crippen LogP contribution in [0.3, 0.4) is 0 Å². The first-order valence-corrected chi connectivity index (χ1v) is 9.88. The molecule has 0 bridgehead atoms. The Labute approximate surface area is 166 Å². The highest BCUT2D eigenvalue weighted by Crippen LogP contribution is 2.37. The van der Waals surface area contributed by atoms with Crippen LogP contribution in [0.1, 0.15) is 30.1 Å². The zero-order valence-corrected chi connectivity index (χ0v) is 16.2. The molecular formula is C21H21NO5S. The Morgan fingerprint density at radius 3 is 2.46 bits per heavy atom. The molecule has 0 unspecified atom stereocenters. The highest BCUT2D eigenvalue weighted by Gasteiger charge is 2.34. The molecule has 0 spiro atoms. The number of allylic oxidation sites excluding steroid dienone is 2. The fraction of sp³-hybridized carbons (Fsp3) is 0.286. The number of thiophene rings is 1. The predicted molar refractivity (Wildman–Crippen MR) is 107 cm³/mol. The minimum absolute atomic E-state index is 0.219. The molecule has 7 heteroatoms. The second-order valence-corrected chi connectivity index (χ2v) is 7.48. The molecule has 28 heavy (non-hydrogen) atoms. The van der Waals surface area contributed by atoms with Gasteiger partial charge in [-0.15, -0.1) is 11.3 Å². The van der Waals surface area contributed by atoms with Gasteiger partial charge in [-0.05, 0) is 31.4 Å². The Bertz CT molecular complexity index is 903. The van der Waals surface area contributed by atoms with E-state index in [1.54, 1.807) is 19.1 Å². The first-order valence-electron chi connectivity index (χ1n) is 9.06. The fourth-order valence-electron chi connectivity index (χ4n) is 3.17. The maximum absolute atomic E-state index is 12.8. The number of carboxylic acid groups (broad SMARTS) is 1. The van der Waals surface area contributed by atoms with Crippen LogP contribution in [-0.4, -0.2) is 29.6 Å². The number of hydrogen-bond donors (Lipinski definition) is 2. The molecule has 2 N–H and O–H groups in total. The van der Waals surface area contributed by atoms with Crippen LogP contribution in [0.25, 0.3) is 10.4 Å². The SMILES string of the molecule is CCOC(=O)c1cc(-c2ccccc2)sc1NC(=O)[C@@H]1CC=CC[C@@H]1C(=O)O. The Morgan fingerprint density at radius 2 is 1.82 bits per heavy atom. The highest BCUT2D eigenvalue weighted by atomic mass is 32.1. The largest absolute Gasteiger partial charge is 0.481 e. The van der Waals surface area contributed by atoms with E-state index in [9.17, 15) is 19.5 Å². The third-order valence-electron chi connectivity index (χ3n) is 4.61. The van der Waals surface area contributed by atoms with E-state index in [4.69, 9.17) is 4.74 Å². The van der Waals surface area contributed by atoms with Gasteiger partial charge in [-0.3, -0.25) is 9.59 Å². The van der Waals surface area contributed by atoms with Crippen LogP contribution in [0, 0.1) is 11.8 Å². The van der Waals surface area contributed by atoms with Gasteiger partial charge >= 0.3 is 11.9 Å². The van der Waals surface area contributed by atoms with E-state index in [0.29, 0.717) is 17.8 Å². The molecule has 0 aliphatic heterocycles. The van der Waals surface area contributed by atoms with Gasteiger partial charge in [0, 0.05) is 4.88 Å². The lowest BCUT2D eigenvalue weighted by atomic mass is 9.82. The first-order chi connectivity index (χ1) is 13.5. The number of carbonyl (C=O) groups excluding carboxylic acids is 2. The Kier molecular flexibility index (Phi) is 6.26. The molecule has 1 aromatic carbocycles. The van der Waals surface area contributed by atoms with E-state index in [-0.39, 0.29) is 12.2 Å². The third-order valence-corrected chi connectivity index (χ3v) is 5.71. The molecule has 0 radical (unpaired) electrons. The molecule has 1 heterocycles. The number of ether oxygens (including phenoxy) is 1. The molecule has 1 aromatic heterocycles. The average molecular weight is 399 g/mol. The molecule has 0 fully saturated rings. The van der Waals surface area contributed by atoms with E-state index < -0.39 is 29.7 Å². The molecular weight excluding hydrogens is 378 g/mol. The number of anilines is 1. The average Bonchev–Trinajstić information content (AvgIpc) is 3.12. The van der Waals surface area contributed by atoms with Gasteiger partial charge in [0.05, 0.1) is 24.0 Å². The Balaban J connectivity index is 1.90. The zero-order valence-electron chi connectivity index (χ0n) is 15.4. The second kappa shape index (κ2) is 8.84. The van der Waals surface area contributed by atoms with Crippen LogP contribution in [0.5, 0.6) is 0 Å². The summed E-state index contributed by atoms with van der Waals surface area (Å²) in [7, 11) is 0. The van der Waals surface area contributed by atoms with Crippen molar-refractivity contribution < 1.29 is 24.2 Å². The van der Waals surface area contributed by atoms with E-state index in [1.807, 2.05) is 36.4 Å². The number of hydrogen-bond acceptors (Lipinski definition) is 5. The standard InChI is InChI=1S/C21H21NO5S/c1-2-27-21(26)16-12-17(13-8-4-3-5-9-13)28-19(16)22-18(23)14-10-6-7-11-15(14)20(24)25/h3-9,12,14-15H,2,10-11H2,1H3,(H,22,23)(H,24,25)/t14-,15+/m1/s1. The van der Waals surface area contributed by atoms with Gasteiger partial charge in [0.25, 0.3) is 0 Å². The summed E-state index contributed by atoms with van der Waals surface area (Å²) in [5, 5.41) is 12.6. The van der Waals surface area contributed by atoms with Crippen LogP contribution in [0.2, 0.25) is 0 Å². The maximum atomic E-state index is 12.8. The number of benzene rings is 1. The lowest BCUT2D eigenvalue weighted by Gasteiger charge is -2.24. The van der Waals surface area contributed by atoms with Crippen LogP contribution in [0.15, 0.2) is 48.6 Å². The topological polar surface area (TPSA) is 92.7 Å². The number of carboxylic acids is 1. The van der Waals surface area contributed by atoms with Gasteiger partial charge in [-0.1, -0.05) is 42.5 Å². The normalized spacial score (nSPS) is 18.5. The number of esters is 1. The molecule has 1 aliphatic rings. The zero-order chi connectivity index (χ0) is 20.1. The summed E-state index contributed by atoms with van der Waals surface area (Å²) < 4.78 is 5.12. The van der Waals surface area contributed by atoms with E-state index >= 15 is 0 Å². The molecule has 1 amide bonds. The summed E-state index contributed by atoms with van der Waals surface area (Å²) in [4.78, 5) is 37.5. The molecule has 0 saturated heterocycles. The number of rotatable bonds is 6. The number of aliphatic carboxylic acids is 1. The predicted octanol–water partition coefficient (Wildman–Crippen LogP) is 4.20. The van der Waals surface area contributed by atoms with Gasteiger partial charge in [0.2, 0.25) is 5.91 Å². The van der Waals surface area contributed by atoms with Gasteiger partial charge in [-0.25, -0.2) is 4.79 Å². The van der Waals surface area contributed by atoms with Crippen molar-refractivity contribution in [2.75, 3.05) is 11.9 Å². The second-order valence-electron chi connectivity index (χ2n) is 6.42. The quantitative estimate of drug-likeness (QED) is 0.561. The third kappa shape index (κ3) is 4.31. The Hall–Kier alpha value is -2.93. The van der Waals surface area contributed by atoms with E-state index in [0.717, 1.165) is 10.4 Å². The minimum Gasteiger partial charge on any atom is -0.481 e. The van der Waals surface area contributed by atoms with Gasteiger partial charge in [0.15, 0.2) is 0 Å². The van der Waals surface area contributed by atoms with Crippen molar-refractivity contribution in [1.29, 1.82) is 0 Å². The summed E-state index contributed by atoms with van der Waals surface area (Å²) in [6.07, 6.45) is 4.28. The molecule has 3 rings (SSSR count). The number of amides is 1. The lowest BCUT2D eigenvalue weighted by molar-refractivity contribution is -0.146. The first kappa shape index (κ1) is 19.8. The van der Waals surface area contributed by atoms with Gasteiger partial charge in [0.1, 0.15) is 5.00 Å². The smallest absolute Gasteiger partial charge is 0.341 e. The monoisotopic (exact) mass is 399 g/mol. The van der Waals surface area contributed by atoms with Crippen molar-refractivity contribution in [2.45, 2.75) is 19.8 Å². The van der Waals surface area contributed by atoms with Crippen LogP contribution < -0.4 is 5.32 Å². The van der Waals surface area contributed by atoms with Crippen LogP contribution in [-0.2, 0) is 14.3 Å². The minimum atomic E-state index is -0.994. The molecule has 1 aliphatic carbocycles. The summed E-state index contributed by atoms with van der Waals surface area (Å²) in [5.74, 6) is -3.37. The molecule has 2 atom stereocenters. The number of nitrogens with one attached hydrogen (secondary N) is 1. The van der Waals surface area contributed by atoms with E-state index in [1.165, 1.54) is 11.3 Å². The summed E-state index contributed by atoms with van der Waals surface area (Å²) in [6, 6.07) is 11.2.